The molecule has 0 bridgehead atoms. The predicted molar refractivity (Wildman–Crippen MR) is 38.2 cm³/mol. The molecule has 0 aliphatic heterocycles. The van der Waals surface area contributed by atoms with Crippen LogP contribution in [0.15, 0.2) is 0 Å². The van der Waals surface area contributed by atoms with Gasteiger partial charge in [-0.3, -0.25) is 0 Å². The Morgan fingerprint density at radius 1 is 0.846 bits per heavy atom. The second kappa shape index (κ2) is 5.43. The molecule has 0 radical (unpaired) electrons. The normalized spacial score (nSPS) is 23.3. The molecule has 5 atom stereocenters. The van der Waals surface area contributed by atoms with E-state index in [9.17, 15) is 4.39 Å². The predicted octanol–water partition coefficient (Wildman–Crippen LogP) is -3.29. The van der Waals surface area contributed by atoms with Crippen molar-refractivity contribution in [3.05, 3.63) is 0 Å². The summed E-state index contributed by atoms with van der Waals surface area (Å²) in [4.78, 5) is 0. The molecule has 6 nitrogen and oxygen atoms in total. The van der Waals surface area contributed by atoms with Gasteiger partial charge in [0.1, 0.15) is 24.4 Å². The van der Waals surface area contributed by atoms with Gasteiger partial charge in [-0.25, -0.2) is 4.39 Å². The molecule has 0 aliphatic rings. The molecule has 0 rings (SSSR count). The quantitative estimate of drug-likeness (QED) is 0.276. The van der Waals surface area contributed by atoms with Crippen molar-refractivity contribution in [2.75, 3.05) is 6.61 Å². The van der Waals surface area contributed by atoms with Crippen LogP contribution in [0.5, 0.6) is 0 Å². The van der Waals surface area contributed by atoms with Gasteiger partial charge >= 0.3 is 0 Å². The summed E-state index contributed by atoms with van der Waals surface area (Å²) in [6.45, 7) is -0.854. The van der Waals surface area contributed by atoms with Crippen molar-refractivity contribution < 1.29 is 35.0 Å². The van der Waals surface area contributed by atoms with Crippen molar-refractivity contribution in [2.45, 2.75) is 30.8 Å². The molecule has 0 aromatic heterocycles. The average Bonchev–Trinajstić information content (AvgIpc) is 2.12. The van der Waals surface area contributed by atoms with E-state index < -0.39 is 37.4 Å². The van der Waals surface area contributed by atoms with E-state index in [1.54, 1.807) is 0 Å². The van der Waals surface area contributed by atoms with Crippen LogP contribution >= 0.6 is 0 Å². The van der Waals surface area contributed by atoms with Crippen LogP contribution in [0.3, 0.4) is 0 Å². The lowest BCUT2D eigenvalue weighted by atomic mass is 10.0. The van der Waals surface area contributed by atoms with Crippen molar-refractivity contribution in [1.82, 2.24) is 0 Å². The minimum Gasteiger partial charge on any atom is -0.394 e. The molecule has 0 aromatic carbocycles. The van der Waals surface area contributed by atoms with Crippen LogP contribution in [0.4, 0.5) is 4.39 Å². The average molecular weight is 200 g/mol. The Labute approximate surface area is 73.5 Å². The first kappa shape index (κ1) is 12.7. The lowest BCUT2D eigenvalue weighted by Gasteiger charge is -2.25. The largest absolute Gasteiger partial charge is 0.394 e. The van der Waals surface area contributed by atoms with E-state index in [1.807, 2.05) is 0 Å². The molecule has 13 heavy (non-hydrogen) atoms. The second-order valence-electron chi connectivity index (χ2n) is 2.59. The van der Waals surface area contributed by atoms with E-state index >= 15 is 0 Å². The van der Waals surface area contributed by atoms with Crippen LogP contribution in [0.1, 0.15) is 0 Å². The van der Waals surface area contributed by atoms with Crippen LogP contribution in [0.2, 0.25) is 0 Å². The minimum atomic E-state index is -2.73. The maximum Gasteiger partial charge on any atom is 0.225 e. The smallest absolute Gasteiger partial charge is 0.225 e. The van der Waals surface area contributed by atoms with Gasteiger partial charge in [-0.05, 0) is 0 Å². The molecule has 0 aromatic rings. The Bertz CT molecular complexity index is 143. The summed E-state index contributed by atoms with van der Waals surface area (Å²) in [5.74, 6) is 0. The summed E-state index contributed by atoms with van der Waals surface area (Å²) in [6.07, 6.45) is -10.7. The Morgan fingerprint density at radius 3 is 1.62 bits per heavy atom. The third-order valence-electron chi connectivity index (χ3n) is 1.56. The molecule has 0 heterocycles. The van der Waals surface area contributed by atoms with Gasteiger partial charge in [0, 0.05) is 0 Å². The molecule has 6 N–H and O–H groups in total. The van der Waals surface area contributed by atoms with Crippen LogP contribution in [0.25, 0.3) is 0 Å². The van der Waals surface area contributed by atoms with E-state index in [4.69, 9.17) is 30.6 Å². The molecule has 0 aliphatic carbocycles. The van der Waals surface area contributed by atoms with Crippen molar-refractivity contribution >= 4 is 0 Å². The molecule has 1 unspecified atom stereocenters. The highest BCUT2D eigenvalue weighted by molar-refractivity contribution is 4.81. The first-order valence-electron chi connectivity index (χ1n) is 3.57. The number of aliphatic hydroxyl groups is 6. The van der Waals surface area contributed by atoms with Gasteiger partial charge in [0.2, 0.25) is 6.36 Å². The van der Waals surface area contributed by atoms with Gasteiger partial charge in [0.15, 0.2) is 0 Å². The summed E-state index contributed by atoms with van der Waals surface area (Å²) in [5, 5.41) is 51.7. The van der Waals surface area contributed by atoms with E-state index in [1.165, 1.54) is 0 Å². The first-order valence-corrected chi connectivity index (χ1v) is 3.57. The molecule has 0 saturated heterocycles. The SMILES string of the molecule is OC[C@H](O)[C@H](O)[C@@H](O)[C@@H](O)C(O)F. The van der Waals surface area contributed by atoms with Crippen LogP contribution < -0.4 is 0 Å². The third kappa shape index (κ3) is 3.51. The topological polar surface area (TPSA) is 121 Å². The standard InChI is InChI=1S/C6H13FO6/c7-6(13)5(12)4(11)3(10)2(9)1-8/h2-6,8-13H,1H2/t2-,3-,4+,5+,6?/m0/s1. The minimum absolute atomic E-state index is 0.854. The second-order valence-corrected chi connectivity index (χ2v) is 2.59. The Hall–Kier alpha value is -0.310. The monoisotopic (exact) mass is 200 g/mol. The third-order valence-corrected chi connectivity index (χ3v) is 1.56. The van der Waals surface area contributed by atoms with Crippen molar-refractivity contribution in [3.63, 3.8) is 0 Å². The van der Waals surface area contributed by atoms with Crippen molar-refractivity contribution in [1.29, 1.82) is 0 Å². The van der Waals surface area contributed by atoms with Crippen LogP contribution in [-0.4, -0.2) is 68.0 Å². The first-order chi connectivity index (χ1) is 5.91. The van der Waals surface area contributed by atoms with E-state index in [0.717, 1.165) is 0 Å². The number of hydrogen-bond donors (Lipinski definition) is 6. The van der Waals surface area contributed by atoms with Crippen molar-refractivity contribution in [3.8, 4) is 0 Å². The fraction of sp³-hybridized carbons (Fsp3) is 1.00. The zero-order valence-corrected chi connectivity index (χ0v) is 6.66. The van der Waals surface area contributed by atoms with Gasteiger partial charge in [0.05, 0.1) is 6.61 Å². The highest BCUT2D eigenvalue weighted by atomic mass is 19.1. The number of rotatable bonds is 5. The zero-order chi connectivity index (χ0) is 10.6. The highest BCUT2D eigenvalue weighted by Crippen LogP contribution is 2.08. The van der Waals surface area contributed by atoms with Gasteiger partial charge in [-0.2, -0.15) is 0 Å². The van der Waals surface area contributed by atoms with E-state index in [2.05, 4.69) is 0 Å². The molecular weight excluding hydrogens is 187 g/mol. The summed E-state index contributed by atoms with van der Waals surface area (Å²) >= 11 is 0. The number of halogens is 1. The van der Waals surface area contributed by atoms with Crippen LogP contribution in [0, 0.1) is 0 Å². The summed E-state index contributed by atoms with van der Waals surface area (Å²) in [7, 11) is 0. The van der Waals surface area contributed by atoms with Crippen molar-refractivity contribution in [2.24, 2.45) is 0 Å². The summed E-state index contributed by atoms with van der Waals surface area (Å²) < 4.78 is 12.0. The number of alkyl halides is 1. The molecule has 0 spiro atoms. The molecule has 0 amide bonds. The molecular formula is C6H13FO6. The molecule has 7 heteroatoms. The number of hydrogen-bond acceptors (Lipinski definition) is 6. The Balaban J connectivity index is 4.15. The van der Waals surface area contributed by atoms with Crippen LogP contribution in [-0.2, 0) is 0 Å². The maximum absolute atomic E-state index is 12.0. The van der Waals surface area contributed by atoms with E-state index in [0.29, 0.717) is 0 Å². The molecule has 80 valence electrons. The van der Waals surface area contributed by atoms with Gasteiger partial charge in [-0.1, -0.05) is 0 Å². The molecule has 0 saturated carbocycles. The van der Waals surface area contributed by atoms with Gasteiger partial charge in [0.25, 0.3) is 0 Å². The summed E-state index contributed by atoms with van der Waals surface area (Å²) in [6, 6.07) is 0. The molecule has 0 fully saturated rings. The van der Waals surface area contributed by atoms with Gasteiger partial charge in [-0.15, -0.1) is 0 Å². The zero-order valence-electron chi connectivity index (χ0n) is 6.66. The van der Waals surface area contributed by atoms with E-state index in [-0.39, 0.29) is 0 Å². The maximum atomic E-state index is 12.0. The Morgan fingerprint density at radius 2 is 1.31 bits per heavy atom. The Kier molecular flexibility index (Phi) is 5.30. The highest BCUT2D eigenvalue weighted by Gasteiger charge is 2.33. The lowest BCUT2D eigenvalue weighted by molar-refractivity contribution is -0.165. The van der Waals surface area contributed by atoms with Gasteiger partial charge < -0.3 is 30.6 Å². The fourth-order valence-electron chi connectivity index (χ4n) is 0.700. The lowest BCUT2D eigenvalue weighted by Crippen LogP contribution is -2.49. The number of aliphatic hydroxyl groups excluding tert-OH is 6. The summed E-state index contributed by atoms with van der Waals surface area (Å²) in [5.41, 5.74) is 0. The fourth-order valence-corrected chi connectivity index (χ4v) is 0.700.